The molecule has 8 rings (SSSR count). The Morgan fingerprint density at radius 3 is 2.09 bits per heavy atom. The Bertz CT molecular complexity index is 2730. The fraction of sp³-hybridized carbons (Fsp3) is 0.200. The Labute approximate surface area is 341 Å². The maximum atomic E-state index is 12.6. The van der Waals surface area contributed by atoms with Gasteiger partial charge in [0.15, 0.2) is 22.7 Å². The Kier molecular flexibility index (Phi) is 12.3. The predicted octanol–water partition coefficient (Wildman–Crippen LogP) is 5.47. The number of nitrogens with zero attached hydrogens (tertiary/aromatic N) is 9. The Hall–Kier alpha value is -6.92. The molecule has 2 N–H and O–H groups in total. The van der Waals surface area contributed by atoms with Crippen LogP contribution in [0.1, 0.15) is 24.3 Å². The van der Waals surface area contributed by atoms with E-state index in [0.717, 1.165) is 30.4 Å². The number of hydrogen-bond donors (Lipinski definition) is 2. The zero-order chi connectivity index (χ0) is 41.7. The highest BCUT2D eigenvalue weighted by Crippen LogP contribution is 2.32. The van der Waals surface area contributed by atoms with E-state index in [1.807, 2.05) is 80.6 Å². The summed E-state index contributed by atoms with van der Waals surface area (Å²) >= 11 is 3.05. The molecule has 0 aliphatic carbocycles. The van der Waals surface area contributed by atoms with E-state index in [1.54, 1.807) is 35.3 Å². The molecule has 298 valence electrons. The zero-order valence-electron chi connectivity index (χ0n) is 32.7. The molecule has 0 atom stereocenters. The van der Waals surface area contributed by atoms with Crippen LogP contribution < -0.4 is 26.8 Å². The van der Waals surface area contributed by atoms with Crippen LogP contribution in [0.3, 0.4) is 0 Å². The van der Waals surface area contributed by atoms with Crippen molar-refractivity contribution in [3.8, 4) is 20.9 Å². The lowest BCUT2D eigenvalue weighted by Crippen LogP contribution is -2.41. The lowest BCUT2D eigenvalue weighted by atomic mass is 10.2. The Balaban J connectivity index is 0.000000188. The highest BCUT2D eigenvalue weighted by molar-refractivity contribution is 7.19. The van der Waals surface area contributed by atoms with Crippen LogP contribution in [0.5, 0.6) is 0 Å². The molecule has 3 amide bonds. The molecule has 0 saturated heterocycles. The molecule has 58 heavy (non-hydrogen) atoms. The molecule has 16 nitrogen and oxygen atoms in total. The van der Waals surface area contributed by atoms with E-state index in [1.165, 1.54) is 63.5 Å². The molecular weight excluding hydrogens is 779 g/mol. The summed E-state index contributed by atoms with van der Waals surface area (Å²) in [5.74, 6) is 0.290. The number of benzene rings is 2. The number of thiazole rings is 1. The minimum atomic E-state index is -0.489. The lowest BCUT2D eigenvalue weighted by molar-refractivity contribution is -0.117. The second-order valence-corrected chi connectivity index (χ2v) is 14.7. The second-order valence-electron chi connectivity index (χ2n) is 12.7. The van der Waals surface area contributed by atoms with Gasteiger partial charge in [-0.2, -0.15) is 0 Å². The monoisotopic (exact) mass is 819 g/mol. The summed E-state index contributed by atoms with van der Waals surface area (Å²) in [6.45, 7) is 7.79. The molecule has 5 aromatic heterocycles. The van der Waals surface area contributed by atoms with E-state index in [4.69, 9.17) is 0 Å². The summed E-state index contributed by atoms with van der Waals surface area (Å²) in [5.41, 5.74) is 4.41. The number of fused-ring (bicyclic) bond motifs is 2. The number of aryl methyl sites for hydroxylation is 1. The SMILES string of the molecule is C=C1N(C)C(=O)c2c(ncn2CC(=O)Nc2ccc(-c3ccccc3)s2)N1C.CC.Cn1c(=O)c2c(ncn2CC(=O)Nc2ccc(-c3cncs3)cc2)n(C)c1=O. The third-order valence-corrected chi connectivity index (χ3v) is 10.9. The van der Waals surface area contributed by atoms with E-state index < -0.39 is 11.2 Å². The first-order valence-electron chi connectivity index (χ1n) is 18.0. The van der Waals surface area contributed by atoms with Crippen LogP contribution in [0.2, 0.25) is 0 Å². The molecule has 0 radical (unpaired) electrons. The number of nitrogens with one attached hydrogen (secondary N) is 2. The number of rotatable bonds is 8. The van der Waals surface area contributed by atoms with Crippen molar-refractivity contribution >= 4 is 68.1 Å². The van der Waals surface area contributed by atoms with Crippen molar-refractivity contribution in [1.29, 1.82) is 0 Å². The molecule has 0 unspecified atom stereocenters. The number of amides is 3. The highest BCUT2D eigenvalue weighted by atomic mass is 32.1. The van der Waals surface area contributed by atoms with Gasteiger partial charge in [-0.1, -0.05) is 62.9 Å². The molecule has 1 aliphatic heterocycles. The first-order valence-corrected chi connectivity index (χ1v) is 19.7. The first kappa shape index (κ1) is 40.7. The normalized spacial score (nSPS) is 12.0. The van der Waals surface area contributed by atoms with Gasteiger partial charge in [0.05, 0.1) is 28.0 Å². The van der Waals surface area contributed by atoms with Gasteiger partial charge >= 0.3 is 5.69 Å². The molecule has 0 saturated carbocycles. The predicted molar refractivity (Wildman–Crippen MR) is 228 cm³/mol. The summed E-state index contributed by atoms with van der Waals surface area (Å²) in [4.78, 5) is 79.7. The molecule has 6 heterocycles. The van der Waals surface area contributed by atoms with Crippen molar-refractivity contribution in [3.63, 3.8) is 0 Å². The standard InChI is InChI=1S/C20H19N5O2S.C18H16N6O3S.C2H6/c1-13-23(2)19-18(20(27)24(13)3)25(12-21-19)11-16(26)22-17-10-9-15(28-17)14-7-5-4-6-8-14;1-22-16-15(17(26)23(2)18(22)27)24(9-20-16)8-14(25)21-12-5-3-11(4-6-12)13-7-19-10-28-13;1-2/h4-10,12H,1,11H2,2-3H3,(H,22,26);3-7,9-10H,8H2,1-2H3,(H,21,25);1-2H3. The van der Waals surface area contributed by atoms with Crippen LogP contribution in [0.25, 0.3) is 32.0 Å². The van der Waals surface area contributed by atoms with Gasteiger partial charge in [-0.05, 0) is 35.4 Å². The smallest absolute Gasteiger partial charge is 0.325 e. The molecular formula is C40H41N11O5S2. The molecule has 7 aromatic rings. The maximum absolute atomic E-state index is 12.6. The van der Waals surface area contributed by atoms with E-state index >= 15 is 0 Å². The van der Waals surface area contributed by atoms with Crippen molar-refractivity contribution in [2.24, 2.45) is 14.1 Å². The minimum absolute atomic E-state index is 0.000793. The van der Waals surface area contributed by atoms with Crippen LogP contribution >= 0.6 is 22.7 Å². The summed E-state index contributed by atoms with van der Waals surface area (Å²) in [5, 5.41) is 6.45. The number of carbonyl (C=O) groups excluding carboxylic acids is 3. The number of thiophene rings is 1. The van der Waals surface area contributed by atoms with Gasteiger partial charge in [-0.15, -0.1) is 22.7 Å². The maximum Gasteiger partial charge on any atom is 0.332 e. The molecule has 0 spiro atoms. The summed E-state index contributed by atoms with van der Waals surface area (Å²) < 4.78 is 5.29. The van der Waals surface area contributed by atoms with Gasteiger partial charge in [-0.25, -0.2) is 14.8 Å². The van der Waals surface area contributed by atoms with Crippen LogP contribution in [0, 0.1) is 0 Å². The first-order chi connectivity index (χ1) is 27.9. The van der Waals surface area contributed by atoms with Crippen LogP contribution in [-0.2, 0) is 36.8 Å². The Morgan fingerprint density at radius 1 is 0.741 bits per heavy atom. The van der Waals surface area contributed by atoms with Crippen molar-refractivity contribution in [3.05, 3.63) is 130 Å². The second kappa shape index (κ2) is 17.5. The van der Waals surface area contributed by atoms with Crippen molar-refractivity contribution in [2.75, 3.05) is 29.6 Å². The van der Waals surface area contributed by atoms with Gasteiger partial charge in [0, 0.05) is 45.0 Å². The summed E-state index contributed by atoms with van der Waals surface area (Å²) in [6, 6.07) is 21.3. The summed E-state index contributed by atoms with van der Waals surface area (Å²) in [7, 11) is 6.37. The number of carbonyl (C=O) groups is 3. The molecule has 2 aromatic carbocycles. The average Bonchev–Trinajstić information content (AvgIpc) is 4.08. The zero-order valence-corrected chi connectivity index (χ0v) is 34.3. The fourth-order valence-electron chi connectivity index (χ4n) is 6.02. The van der Waals surface area contributed by atoms with E-state index in [0.29, 0.717) is 23.0 Å². The Morgan fingerprint density at radius 2 is 1.40 bits per heavy atom. The quantitative estimate of drug-likeness (QED) is 0.202. The molecule has 18 heteroatoms. The highest BCUT2D eigenvalue weighted by Gasteiger charge is 2.33. The summed E-state index contributed by atoms with van der Waals surface area (Å²) in [6.07, 6.45) is 4.68. The fourth-order valence-corrected chi connectivity index (χ4v) is 7.58. The van der Waals surface area contributed by atoms with Crippen LogP contribution in [0.15, 0.2) is 113 Å². The topological polar surface area (TPSA) is 174 Å². The van der Waals surface area contributed by atoms with Gasteiger partial charge in [-0.3, -0.25) is 38.2 Å². The van der Waals surface area contributed by atoms with Gasteiger partial charge in [0.2, 0.25) is 11.8 Å². The third-order valence-electron chi connectivity index (χ3n) is 9.08. The van der Waals surface area contributed by atoms with Crippen LogP contribution in [-0.4, -0.2) is 69.9 Å². The van der Waals surface area contributed by atoms with Crippen molar-refractivity contribution < 1.29 is 14.4 Å². The average molecular weight is 820 g/mol. The van der Waals surface area contributed by atoms with Gasteiger partial charge in [0.1, 0.15) is 18.9 Å². The van der Waals surface area contributed by atoms with Crippen LogP contribution in [0.4, 0.5) is 16.5 Å². The van der Waals surface area contributed by atoms with E-state index in [-0.39, 0.29) is 42.0 Å². The molecule has 0 bridgehead atoms. The molecule has 0 fully saturated rings. The minimum Gasteiger partial charge on any atom is -0.325 e. The molecule has 1 aliphatic rings. The number of hydrogen-bond acceptors (Lipinski definition) is 11. The van der Waals surface area contributed by atoms with Gasteiger partial charge < -0.3 is 24.7 Å². The largest absolute Gasteiger partial charge is 0.332 e. The van der Waals surface area contributed by atoms with E-state index in [9.17, 15) is 24.0 Å². The van der Waals surface area contributed by atoms with Crippen molar-refractivity contribution in [1.82, 2.24) is 38.1 Å². The lowest BCUT2D eigenvalue weighted by Gasteiger charge is -2.32. The third kappa shape index (κ3) is 8.28. The number of anilines is 3. The number of aromatic nitrogens is 7. The van der Waals surface area contributed by atoms with Crippen molar-refractivity contribution in [2.45, 2.75) is 26.9 Å². The van der Waals surface area contributed by atoms with E-state index in [2.05, 4.69) is 32.2 Å². The number of imidazole rings is 2. The van der Waals surface area contributed by atoms with Gasteiger partial charge in [0.25, 0.3) is 11.5 Å².